The van der Waals surface area contributed by atoms with Gasteiger partial charge in [-0.3, -0.25) is 4.74 Å². The van der Waals surface area contributed by atoms with Crippen molar-refractivity contribution in [2.24, 2.45) is 4.99 Å². The zero-order valence-electron chi connectivity index (χ0n) is 18.4. The molecule has 8 nitrogen and oxygen atoms in total. The van der Waals surface area contributed by atoms with E-state index in [-0.39, 0.29) is 35.4 Å². The standard InChI is InChI=1S/C21H19F6N5O3/c1-11-30-15-9-16(33-3)17(34-4-5-35-21(25,26)27)8-14(15)19(31-11)29-10-13-6-12(20(22,23)24)7-18(28-2)32-13/h6-9H,2,4-5,10H2,1,3H3,(H,29,30,31). The first kappa shape index (κ1) is 25.9. The SMILES string of the molecule is C=Nc1cc(C(F)(F)F)cc(CNc2nc(C)nc3cc(OC)c(OCCOC(F)(F)F)cc23)n1. The maximum Gasteiger partial charge on any atom is 0.522 e. The quantitative estimate of drug-likeness (QED) is 0.243. The van der Waals surface area contributed by atoms with Crippen molar-refractivity contribution in [3.05, 3.63) is 41.3 Å². The Labute approximate surface area is 195 Å². The summed E-state index contributed by atoms with van der Waals surface area (Å²) in [6.07, 6.45) is -9.40. The Morgan fingerprint density at radius 2 is 1.71 bits per heavy atom. The minimum Gasteiger partial charge on any atom is -0.493 e. The molecule has 35 heavy (non-hydrogen) atoms. The Bertz CT molecular complexity index is 1220. The van der Waals surface area contributed by atoms with Crippen molar-refractivity contribution in [3.63, 3.8) is 0 Å². The zero-order valence-corrected chi connectivity index (χ0v) is 18.4. The van der Waals surface area contributed by atoms with E-state index in [2.05, 4.69) is 36.7 Å². The minimum atomic E-state index is -4.79. The summed E-state index contributed by atoms with van der Waals surface area (Å²) in [6.45, 7) is 3.50. The average Bonchev–Trinajstić information content (AvgIpc) is 2.78. The van der Waals surface area contributed by atoms with Crippen molar-refractivity contribution in [2.45, 2.75) is 26.0 Å². The molecule has 0 fully saturated rings. The summed E-state index contributed by atoms with van der Waals surface area (Å²) in [5.41, 5.74) is -0.501. The first-order chi connectivity index (χ1) is 16.4. The van der Waals surface area contributed by atoms with Gasteiger partial charge in [0.15, 0.2) is 17.3 Å². The Morgan fingerprint density at radius 1 is 0.971 bits per heavy atom. The van der Waals surface area contributed by atoms with E-state index in [0.717, 1.165) is 12.1 Å². The maximum absolute atomic E-state index is 13.2. The highest BCUT2D eigenvalue weighted by molar-refractivity contribution is 5.91. The number of hydrogen-bond acceptors (Lipinski definition) is 8. The van der Waals surface area contributed by atoms with E-state index in [1.807, 2.05) is 0 Å². The summed E-state index contributed by atoms with van der Waals surface area (Å²) in [7, 11) is 1.35. The Balaban J connectivity index is 1.90. The van der Waals surface area contributed by atoms with Crippen LogP contribution in [0.4, 0.5) is 38.0 Å². The van der Waals surface area contributed by atoms with Gasteiger partial charge in [0, 0.05) is 11.5 Å². The lowest BCUT2D eigenvalue weighted by molar-refractivity contribution is -0.325. The smallest absolute Gasteiger partial charge is 0.493 e. The van der Waals surface area contributed by atoms with Crippen LogP contribution >= 0.6 is 0 Å². The fourth-order valence-electron chi connectivity index (χ4n) is 3.05. The molecule has 3 rings (SSSR count). The molecule has 0 aliphatic rings. The van der Waals surface area contributed by atoms with Crippen molar-refractivity contribution in [2.75, 3.05) is 25.6 Å². The van der Waals surface area contributed by atoms with Crippen LogP contribution in [0.1, 0.15) is 17.1 Å². The van der Waals surface area contributed by atoms with Crippen LogP contribution in [-0.2, 0) is 17.5 Å². The van der Waals surface area contributed by atoms with E-state index in [9.17, 15) is 26.3 Å². The highest BCUT2D eigenvalue weighted by Crippen LogP contribution is 2.35. The monoisotopic (exact) mass is 503 g/mol. The van der Waals surface area contributed by atoms with Gasteiger partial charge >= 0.3 is 12.5 Å². The van der Waals surface area contributed by atoms with E-state index < -0.39 is 31.3 Å². The van der Waals surface area contributed by atoms with Crippen LogP contribution in [0.25, 0.3) is 10.9 Å². The molecule has 0 spiro atoms. The lowest BCUT2D eigenvalue weighted by atomic mass is 10.2. The van der Waals surface area contributed by atoms with E-state index >= 15 is 0 Å². The number of pyridine rings is 1. The van der Waals surface area contributed by atoms with Crippen molar-refractivity contribution < 1.29 is 40.6 Å². The second kappa shape index (κ2) is 10.3. The number of alkyl halides is 6. The summed E-state index contributed by atoms with van der Waals surface area (Å²) in [4.78, 5) is 16.1. The van der Waals surface area contributed by atoms with Gasteiger partial charge in [0.1, 0.15) is 18.2 Å². The van der Waals surface area contributed by atoms with Crippen molar-refractivity contribution >= 4 is 29.3 Å². The zero-order chi connectivity index (χ0) is 25.8. The molecule has 188 valence electrons. The molecule has 0 aliphatic carbocycles. The molecular formula is C21H19F6N5O3. The van der Waals surface area contributed by atoms with Gasteiger partial charge < -0.3 is 14.8 Å². The van der Waals surface area contributed by atoms with Crippen LogP contribution in [0, 0.1) is 6.92 Å². The molecule has 2 heterocycles. The Morgan fingerprint density at radius 3 is 2.34 bits per heavy atom. The lowest BCUT2D eigenvalue weighted by Crippen LogP contribution is -2.18. The summed E-state index contributed by atoms with van der Waals surface area (Å²) < 4.78 is 90.4. The molecule has 0 bridgehead atoms. The van der Waals surface area contributed by atoms with Crippen LogP contribution in [0.2, 0.25) is 0 Å². The predicted octanol–water partition coefficient (Wildman–Crippen LogP) is 5.22. The summed E-state index contributed by atoms with van der Waals surface area (Å²) in [5.74, 6) is 0.687. The third-order valence-corrected chi connectivity index (χ3v) is 4.49. The molecule has 1 aromatic carbocycles. The number of anilines is 1. The van der Waals surface area contributed by atoms with Crippen LogP contribution in [0.15, 0.2) is 29.3 Å². The highest BCUT2D eigenvalue weighted by Gasteiger charge is 2.31. The molecule has 0 unspecified atom stereocenters. The third kappa shape index (κ3) is 6.91. The summed E-state index contributed by atoms with van der Waals surface area (Å²) >= 11 is 0. The van der Waals surface area contributed by atoms with Crippen molar-refractivity contribution in [1.29, 1.82) is 0 Å². The molecule has 14 heteroatoms. The van der Waals surface area contributed by atoms with Crippen molar-refractivity contribution in [3.8, 4) is 11.5 Å². The van der Waals surface area contributed by atoms with Gasteiger partial charge in [0.05, 0.1) is 37.0 Å². The third-order valence-electron chi connectivity index (χ3n) is 4.49. The number of fused-ring (bicyclic) bond motifs is 1. The normalized spacial score (nSPS) is 12.0. The number of methoxy groups -OCH3 is 1. The number of nitrogens with zero attached hydrogens (tertiary/aromatic N) is 4. The second-order valence-electron chi connectivity index (χ2n) is 7.00. The maximum atomic E-state index is 13.2. The second-order valence-corrected chi connectivity index (χ2v) is 7.00. The van der Waals surface area contributed by atoms with E-state index in [1.165, 1.54) is 19.2 Å². The van der Waals surface area contributed by atoms with Crippen LogP contribution in [0.5, 0.6) is 11.5 Å². The van der Waals surface area contributed by atoms with Gasteiger partial charge in [-0.05, 0) is 31.8 Å². The number of aliphatic imine (C=N–C) groups is 1. The van der Waals surface area contributed by atoms with Gasteiger partial charge in [-0.25, -0.2) is 19.9 Å². The van der Waals surface area contributed by atoms with Gasteiger partial charge in [0.25, 0.3) is 0 Å². The Hall–Kier alpha value is -3.68. The number of nitrogens with one attached hydrogen (secondary N) is 1. The number of halogens is 6. The molecule has 0 atom stereocenters. The topological polar surface area (TPSA) is 90.8 Å². The van der Waals surface area contributed by atoms with Gasteiger partial charge in [-0.15, -0.1) is 13.2 Å². The van der Waals surface area contributed by atoms with Crippen LogP contribution in [0.3, 0.4) is 0 Å². The number of aryl methyl sites for hydroxylation is 1. The lowest BCUT2D eigenvalue weighted by Gasteiger charge is -2.15. The van der Waals surface area contributed by atoms with E-state index in [4.69, 9.17) is 9.47 Å². The summed E-state index contributed by atoms with van der Waals surface area (Å²) in [6, 6.07) is 4.59. The molecule has 0 aliphatic heterocycles. The van der Waals surface area contributed by atoms with E-state index in [1.54, 1.807) is 6.92 Å². The van der Waals surface area contributed by atoms with E-state index in [0.29, 0.717) is 16.7 Å². The molecular weight excluding hydrogens is 484 g/mol. The number of rotatable bonds is 9. The van der Waals surface area contributed by atoms with Gasteiger partial charge in [-0.2, -0.15) is 13.2 Å². The Kier molecular flexibility index (Phi) is 7.63. The minimum absolute atomic E-state index is 0.0286. The van der Waals surface area contributed by atoms with Crippen LogP contribution in [-0.4, -0.2) is 48.4 Å². The highest BCUT2D eigenvalue weighted by atomic mass is 19.4. The number of benzene rings is 1. The molecule has 0 saturated carbocycles. The molecule has 1 N–H and O–H groups in total. The van der Waals surface area contributed by atoms with Crippen molar-refractivity contribution in [1.82, 2.24) is 15.0 Å². The van der Waals surface area contributed by atoms with Crippen LogP contribution < -0.4 is 14.8 Å². The first-order valence-corrected chi connectivity index (χ1v) is 9.88. The number of hydrogen-bond donors (Lipinski definition) is 1. The average molecular weight is 503 g/mol. The molecule has 0 saturated heterocycles. The predicted molar refractivity (Wildman–Crippen MR) is 114 cm³/mol. The van der Waals surface area contributed by atoms with Gasteiger partial charge in [-0.1, -0.05) is 0 Å². The van der Waals surface area contributed by atoms with Gasteiger partial charge in [0.2, 0.25) is 0 Å². The largest absolute Gasteiger partial charge is 0.522 e. The molecule has 2 aromatic heterocycles. The molecule has 3 aromatic rings. The fourth-order valence-corrected chi connectivity index (χ4v) is 3.05. The first-order valence-electron chi connectivity index (χ1n) is 9.88. The molecule has 0 radical (unpaired) electrons. The number of aromatic nitrogens is 3. The fraction of sp³-hybridized carbons (Fsp3) is 0.333. The summed E-state index contributed by atoms with van der Waals surface area (Å²) in [5, 5.41) is 3.30. The molecule has 0 amide bonds. The number of ether oxygens (including phenoxy) is 3.